The molecule has 1 aliphatic heterocycles. The summed E-state index contributed by atoms with van der Waals surface area (Å²) in [6.07, 6.45) is -2.09. The molecule has 26 heavy (non-hydrogen) atoms. The number of piperidine rings is 1. The van der Waals surface area contributed by atoms with Crippen molar-refractivity contribution in [2.45, 2.75) is 31.5 Å². The summed E-state index contributed by atoms with van der Waals surface area (Å²) in [5.41, 5.74) is 0.354. The molecule has 2 amide bonds. The smallest absolute Gasteiger partial charge is 0.317 e. The van der Waals surface area contributed by atoms with Gasteiger partial charge in [0, 0.05) is 17.3 Å². The molecule has 0 bridgehead atoms. The van der Waals surface area contributed by atoms with Gasteiger partial charge in [-0.05, 0) is 55.2 Å². The highest BCUT2D eigenvalue weighted by atomic mass is 35.5. The van der Waals surface area contributed by atoms with Crippen LogP contribution in [0.3, 0.4) is 0 Å². The Balaban J connectivity index is 1.83. The number of benzene rings is 2. The van der Waals surface area contributed by atoms with Crippen molar-refractivity contribution in [1.82, 2.24) is 4.90 Å². The molecule has 3 rings (SSSR count). The van der Waals surface area contributed by atoms with Gasteiger partial charge in [0.15, 0.2) is 0 Å². The number of nitrogens with zero attached hydrogens (tertiary/aromatic N) is 1. The maximum Gasteiger partial charge on any atom is 0.416 e. The van der Waals surface area contributed by atoms with E-state index in [4.69, 9.17) is 11.6 Å². The Morgan fingerprint density at radius 2 is 1.88 bits per heavy atom. The average Bonchev–Trinajstić information content (AvgIpc) is 2.61. The summed E-state index contributed by atoms with van der Waals surface area (Å²) in [4.78, 5) is 14.3. The van der Waals surface area contributed by atoms with Crippen LogP contribution in [0.25, 0.3) is 0 Å². The molecule has 0 aliphatic carbocycles. The van der Waals surface area contributed by atoms with Crippen molar-refractivity contribution in [2.75, 3.05) is 11.9 Å². The van der Waals surface area contributed by atoms with Crippen LogP contribution in [0.5, 0.6) is 0 Å². The fourth-order valence-corrected chi connectivity index (χ4v) is 3.40. The van der Waals surface area contributed by atoms with Gasteiger partial charge in [-0.25, -0.2) is 4.79 Å². The summed E-state index contributed by atoms with van der Waals surface area (Å²) < 4.78 is 39.0. The van der Waals surface area contributed by atoms with Gasteiger partial charge in [0.2, 0.25) is 0 Å². The number of urea groups is 1. The van der Waals surface area contributed by atoms with E-state index in [2.05, 4.69) is 5.32 Å². The molecule has 0 radical (unpaired) electrons. The molecule has 0 saturated carbocycles. The Morgan fingerprint density at radius 1 is 1.12 bits per heavy atom. The van der Waals surface area contributed by atoms with Gasteiger partial charge >= 0.3 is 12.2 Å². The zero-order valence-corrected chi connectivity index (χ0v) is 14.6. The van der Waals surface area contributed by atoms with Crippen molar-refractivity contribution < 1.29 is 18.0 Å². The molecule has 2 aromatic rings. The first-order valence-corrected chi connectivity index (χ1v) is 8.73. The summed E-state index contributed by atoms with van der Waals surface area (Å²) in [5, 5.41) is 3.27. The van der Waals surface area contributed by atoms with Gasteiger partial charge in [0.1, 0.15) is 0 Å². The topological polar surface area (TPSA) is 32.3 Å². The molecule has 1 N–H and O–H groups in total. The van der Waals surface area contributed by atoms with Crippen molar-refractivity contribution in [2.24, 2.45) is 0 Å². The second kappa shape index (κ2) is 7.58. The third-order valence-corrected chi connectivity index (χ3v) is 4.67. The Hall–Kier alpha value is -2.21. The molecule has 1 unspecified atom stereocenters. The zero-order chi connectivity index (χ0) is 18.7. The van der Waals surface area contributed by atoms with Gasteiger partial charge in [-0.2, -0.15) is 13.2 Å². The molecule has 1 atom stereocenters. The minimum Gasteiger partial charge on any atom is -0.317 e. The normalized spacial score (nSPS) is 17.8. The maximum atomic E-state index is 13.0. The first-order valence-electron chi connectivity index (χ1n) is 8.35. The third-order valence-electron chi connectivity index (χ3n) is 4.44. The monoisotopic (exact) mass is 382 g/mol. The molecule has 3 nitrogen and oxygen atoms in total. The number of amides is 2. The van der Waals surface area contributed by atoms with Gasteiger partial charge in [-0.1, -0.05) is 29.8 Å². The van der Waals surface area contributed by atoms with E-state index < -0.39 is 11.7 Å². The highest BCUT2D eigenvalue weighted by molar-refractivity contribution is 6.30. The van der Waals surface area contributed by atoms with E-state index in [0.717, 1.165) is 25.0 Å². The summed E-state index contributed by atoms with van der Waals surface area (Å²) in [6.45, 7) is 0.493. The summed E-state index contributed by atoms with van der Waals surface area (Å²) >= 11 is 5.93. The van der Waals surface area contributed by atoms with E-state index in [-0.39, 0.29) is 12.1 Å². The van der Waals surface area contributed by atoms with Crippen LogP contribution in [-0.4, -0.2) is 17.5 Å². The zero-order valence-electron chi connectivity index (χ0n) is 13.9. The van der Waals surface area contributed by atoms with Gasteiger partial charge in [-0.15, -0.1) is 0 Å². The number of hydrogen-bond donors (Lipinski definition) is 1. The van der Waals surface area contributed by atoms with Crippen LogP contribution in [0.15, 0.2) is 48.5 Å². The largest absolute Gasteiger partial charge is 0.416 e. The van der Waals surface area contributed by atoms with Crippen LogP contribution < -0.4 is 5.32 Å². The molecular formula is C19H18ClF3N2O. The summed E-state index contributed by atoms with van der Waals surface area (Å²) in [6, 6.07) is 11.3. The highest BCUT2D eigenvalue weighted by Gasteiger charge is 2.33. The van der Waals surface area contributed by atoms with Crippen molar-refractivity contribution in [3.8, 4) is 0 Å². The van der Waals surface area contributed by atoms with Gasteiger partial charge in [0.05, 0.1) is 11.6 Å². The number of anilines is 1. The molecule has 7 heteroatoms. The minimum atomic E-state index is -4.40. The number of rotatable bonds is 2. The van der Waals surface area contributed by atoms with Crippen molar-refractivity contribution in [3.63, 3.8) is 0 Å². The van der Waals surface area contributed by atoms with Crippen LogP contribution in [0.1, 0.15) is 36.4 Å². The number of carbonyl (C=O) groups is 1. The Kier molecular flexibility index (Phi) is 5.41. The summed E-state index contributed by atoms with van der Waals surface area (Å²) in [5.74, 6) is 0. The summed E-state index contributed by atoms with van der Waals surface area (Å²) in [7, 11) is 0. The Morgan fingerprint density at radius 3 is 2.62 bits per heavy atom. The first kappa shape index (κ1) is 18.6. The van der Waals surface area contributed by atoms with Gasteiger partial charge < -0.3 is 10.2 Å². The highest BCUT2D eigenvalue weighted by Crippen LogP contribution is 2.35. The molecular weight excluding hydrogens is 365 g/mol. The minimum absolute atomic E-state index is 0.339. The lowest BCUT2D eigenvalue weighted by molar-refractivity contribution is -0.137. The fraction of sp³-hybridized carbons (Fsp3) is 0.316. The number of halogens is 4. The van der Waals surface area contributed by atoms with E-state index in [0.29, 0.717) is 29.2 Å². The number of nitrogens with one attached hydrogen (secondary N) is 1. The third kappa shape index (κ3) is 4.30. The second-order valence-electron chi connectivity index (χ2n) is 6.27. The quantitative estimate of drug-likeness (QED) is 0.666. The first-order chi connectivity index (χ1) is 12.3. The molecule has 138 valence electrons. The standard InChI is InChI=1S/C19H18ClF3N2O/c20-15-7-4-8-16(12-15)24-18(26)25-10-2-1-9-17(25)13-5-3-6-14(11-13)19(21,22)23/h3-8,11-12,17H,1-2,9-10H2,(H,24,26). The van der Waals surface area contributed by atoms with Crippen LogP contribution >= 0.6 is 11.6 Å². The maximum absolute atomic E-state index is 13.0. The van der Waals surface area contributed by atoms with Crippen LogP contribution in [0, 0.1) is 0 Å². The Bertz CT molecular complexity index is 794. The van der Waals surface area contributed by atoms with Gasteiger partial charge in [0.25, 0.3) is 0 Å². The number of hydrogen-bond acceptors (Lipinski definition) is 1. The molecule has 1 fully saturated rings. The molecule has 2 aromatic carbocycles. The number of carbonyl (C=O) groups excluding carboxylic acids is 1. The van der Waals surface area contributed by atoms with Crippen molar-refractivity contribution >= 4 is 23.3 Å². The lowest BCUT2D eigenvalue weighted by Gasteiger charge is -2.36. The van der Waals surface area contributed by atoms with Crippen molar-refractivity contribution in [1.29, 1.82) is 0 Å². The Labute approximate surface area is 154 Å². The van der Waals surface area contributed by atoms with E-state index in [1.165, 1.54) is 6.07 Å². The van der Waals surface area contributed by atoms with E-state index in [1.807, 2.05) is 0 Å². The van der Waals surface area contributed by atoms with Crippen LogP contribution in [0.4, 0.5) is 23.7 Å². The van der Waals surface area contributed by atoms with E-state index >= 15 is 0 Å². The average molecular weight is 383 g/mol. The number of likely N-dealkylation sites (tertiary alicyclic amines) is 1. The van der Waals surface area contributed by atoms with Gasteiger partial charge in [-0.3, -0.25) is 0 Å². The van der Waals surface area contributed by atoms with E-state index in [9.17, 15) is 18.0 Å². The molecule has 0 aromatic heterocycles. The predicted molar refractivity (Wildman–Crippen MR) is 95.2 cm³/mol. The number of alkyl halides is 3. The lowest BCUT2D eigenvalue weighted by atomic mass is 9.94. The molecule has 1 saturated heterocycles. The SMILES string of the molecule is O=C(Nc1cccc(Cl)c1)N1CCCCC1c1cccc(C(F)(F)F)c1. The second-order valence-corrected chi connectivity index (χ2v) is 6.71. The lowest BCUT2D eigenvalue weighted by Crippen LogP contribution is -2.41. The van der Waals surface area contributed by atoms with E-state index in [1.54, 1.807) is 35.2 Å². The van der Waals surface area contributed by atoms with Crippen LogP contribution in [-0.2, 0) is 6.18 Å². The molecule has 1 heterocycles. The van der Waals surface area contributed by atoms with Crippen molar-refractivity contribution in [3.05, 3.63) is 64.7 Å². The van der Waals surface area contributed by atoms with Crippen LogP contribution in [0.2, 0.25) is 5.02 Å². The fourth-order valence-electron chi connectivity index (χ4n) is 3.20. The molecule has 1 aliphatic rings. The predicted octanol–water partition coefficient (Wildman–Crippen LogP) is 6.12. The molecule has 0 spiro atoms.